The molecule has 1 fully saturated rings. The minimum atomic E-state index is 0.412. The number of thioether (sulfide) groups is 1. The fraction of sp³-hybridized carbons (Fsp3) is 0.571. The van der Waals surface area contributed by atoms with Crippen molar-refractivity contribution in [3.05, 3.63) is 29.6 Å². The molecule has 3 nitrogen and oxygen atoms in total. The number of aromatic nitrogens is 1. The highest BCUT2D eigenvalue weighted by Crippen LogP contribution is 2.39. The number of nitrogens with one attached hydrogen (secondary N) is 1. The molecule has 0 bridgehead atoms. The van der Waals surface area contributed by atoms with Gasteiger partial charge in [0.25, 0.3) is 0 Å². The number of hydrogen-bond donors (Lipinski definition) is 1. The standard InChI is InChI=1S/C14H19N3S/c1-18-14(6-2-3-7-14)11-16-10-12-5-4-8-17-13(12)9-15/h4-5,8,16H,2-3,6-7,10-11H2,1H3. The lowest BCUT2D eigenvalue weighted by Gasteiger charge is -2.27. The maximum absolute atomic E-state index is 8.98. The van der Waals surface area contributed by atoms with Gasteiger partial charge in [-0.15, -0.1) is 0 Å². The molecule has 2 rings (SSSR count). The van der Waals surface area contributed by atoms with Crippen LogP contribution in [0.15, 0.2) is 18.3 Å². The van der Waals surface area contributed by atoms with E-state index in [1.165, 1.54) is 25.7 Å². The number of hydrogen-bond acceptors (Lipinski definition) is 4. The molecule has 0 unspecified atom stereocenters. The topological polar surface area (TPSA) is 48.7 Å². The van der Waals surface area contributed by atoms with Crippen molar-refractivity contribution in [1.82, 2.24) is 10.3 Å². The van der Waals surface area contributed by atoms with Gasteiger partial charge in [-0.25, -0.2) is 4.98 Å². The predicted molar refractivity (Wildman–Crippen MR) is 75.4 cm³/mol. The molecule has 0 atom stereocenters. The summed E-state index contributed by atoms with van der Waals surface area (Å²) in [5.74, 6) is 0. The third-order valence-electron chi connectivity index (χ3n) is 3.71. The van der Waals surface area contributed by atoms with E-state index in [1.54, 1.807) is 6.20 Å². The van der Waals surface area contributed by atoms with Crippen LogP contribution in [-0.4, -0.2) is 22.5 Å². The Morgan fingerprint density at radius 2 is 2.28 bits per heavy atom. The number of nitriles is 1. The molecule has 1 aromatic heterocycles. The van der Waals surface area contributed by atoms with Crippen LogP contribution in [-0.2, 0) is 6.54 Å². The third-order valence-corrected chi connectivity index (χ3v) is 5.13. The summed E-state index contributed by atoms with van der Waals surface area (Å²) in [7, 11) is 0. The van der Waals surface area contributed by atoms with E-state index >= 15 is 0 Å². The maximum atomic E-state index is 8.98. The van der Waals surface area contributed by atoms with Crippen LogP contribution in [0.4, 0.5) is 0 Å². The minimum Gasteiger partial charge on any atom is -0.311 e. The van der Waals surface area contributed by atoms with Crippen molar-refractivity contribution in [2.45, 2.75) is 37.0 Å². The zero-order valence-electron chi connectivity index (χ0n) is 10.8. The normalized spacial score (nSPS) is 17.6. The number of nitrogens with zero attached hydrogens (tertiary/aromatic N) is 2. The molecule has 0 saturated heterocycles. The molecule has 96 valence electrons. The van der Waals surface area contributed by atoms with Gasteiger partial charge in [-0.05, 0) is 25.2 Å². The zero-order chi connectivity index (χ0) is 12.8. The van der Waals surface area contributed by atoms with Crippen molar-refractivity contribution in [3.63, 3.8) is 0 Å². The second-order valence-corrected chi connectivity index (χ2v) is 6.10. The van der Waals surface area contributed by atoms with E-state index in [2.05, 4.69) is 22.6 Å². The lowest BCUT2D eigenvalue weighted by Crippen LogP contribution is -2.34. The van der Waals surface area contributed by atoms with Crippen molar-refractivity contribution in [2.24, 2.45) is 0 Å². The first kappa shape index (κ1) is 13.4. The molecule has 1 aliphatic carbocycles. The SMILES string of the molecule is CSC1(CNCc2cccnc2C#N)CCCC1. The van der Waals surface area contributed by atoms with Crippen LogP contribution in [0.1, 0.15) is 36.9 Å². The quantitative estimate of drug-likeness (QED) is 0.885. The van der Waals surface area contributed by atoms with Crippen molar-refractivity contribution < 1.29 is 0 Å². The number of rotatable bonds is 5. The molecular formula is C14H19N3S. The van der Waals surface area contributed by atoms with Gasteiger partial charge in [-0.1, -0.05) is 18.9 Å². The van der Waals surface area contributed by atoms with Crippen LogP contribution < -0.4 is 5.32 Å². The fourth-order valence-electron chi connectivity index (χ4n) is 2.58. The van der Waals surface area contributed by atoms with Crippen LogP contribution in [0.2, 0.25) is 0 Å². The average Bonchev–Trinajstić information content (AvgIpc) is 2.89. The molecule has 0 radical (unpaired) electrons. The third kappa shape index (κ3) is 3.04. The summed E-state index contributed by atoms with van der Waals surface area (Å²) >= 11 is 1.98. The Morgan fingerprint density at radius 3 is 2.94 bits per heavy atom. The second kappa shape index (κ2) is 6.21. The van der Waals surface area contributed by atoms with Crippen molar-refractivity contribution in [2.75, 3.05) is 12.8 Å². The van der Waals surface area contributed by atoms with E-state index in [-0.39, 0.29) is 0 Å². The highest BCUT2D eigenvalue weighted by atomic mass is 32.2. The molecule has 1 N–H and O–H groups in total. The van der Waals surface area contributed by atoms with Gasteiger partial charge >= 0.3 is 0 Å². The summed E-state index contributed by atoms with van der Waals surface area (Å²) in [5, 5.41) is 12.5. The first-order valence-corrected chi connectivity index (χ1v) is 7.62. The molecule has 18 heavy (non-hydrogen) atoms. The summed E-state index contributed by atoms with van der Waals surface area (Å²) in [6, 6.07) is 6.00. The Hall–Kier alpha value is -1.05. The van der Waals surface area contributed by atoms with Gasteiger partial charge in [0.1, 0.15) is 11.8 Å². The van der Waals surface area contributed by atoms with E-state index < -0.39 is 0 Å². The fourth-order valence-corrected chi connectivity index (χ4v) is 3.52. The van der Waals surface area contributed by atoms with E-state index in [4.69, 9.17) is 5.26 Å². The molecule has 4 heteroatoms. The van der Waals surface area contributed by atoms with Gasteiger partial charge in [0.05, 0.1) is 0 Å². The van der Waals surface area contributed by atoms with E-state index in [0.717, 1.165) is 18.7 Å². The summed E-state index contributed by atoms with van der Waals surface area (Å²) in [5.41, 5.74) is 1.53. The molecule has 1 heterocycles. The Kier molecular flexibility index (Phi) is 4.62. The molecular weight excluding hydrogens is 242 g/mol. The predicted octanol–water partition coefficient (Wildman–Crippen LogP) is 2.72. The summed E-state index contributed by atoms with van der Waals surface area (Å²) in [6.07, 6.45) is 9.18. The van der Waals surface area contributed by atoms with Crippen LogP contribution in [0.25, 0.3) is 0 Å². The molecule has 1 aliphatic rings. The van der Waals surface area contributed by atoms with Crippen molar-refractivity contribution >= 4 is 11.8 Å². The summed E-state index contributed by atoms with van der Waals surface area (Å²) in [6.45, 7) is 1.76. The van der Waals surface area contributed by atoms with Gasteiger partial charge in [-0.2, -0.15) is 17.0 Å². The average molecular weight is 261 g/mol. The van der Waals surface area contributed by atoms with Crippen LogP contribution in [0, 0.1) is 11.3 Å². The minimum absolute atomic E-state index is 0.412. The Labute approximate surface area is 113 Å². The van der Waals surface area contributed by atoms with Crippen molar-refractivity contribution in [3.8, 4) is 6.07 Å². The zero-order valence-corrected chi connectivity index (χ0v) is 11.6. The molecule has 0 aliphatic heterocycles. The largest absolute Gasteiger partial charge is 0.311 e. The lowest BCUT2D eigenvalue weighted by molar-refractivity contribution is 0.533. The van der Waals surface area contributed by atoms with Crippen LogP contribution in [0.5, 0.6) is 0 Å². The first-order chi connectivity index (χ1) is 8.79. The monoisotopic (exact) mass is 261 g/mol. The van der Waals surface area contributed by atoms with Crippen LogP contribution >= 0.6 is 11.8 Å². The van der Waals surface area contributed by atoms with Gasteiger partial charge in [0.2, 0.25) is 0 Å². The van der Waals surface area contributed by atoms with Gasteiger partial charge in [0.15, 0.2) is 0 Å². The van der Waals surface area contributed by atoms with Gasteiger partial charge in [0, 0.05) is 29.6 Å². The van der Waals surface area contributed by atoms with E-state index in [9.17, 15) is 0 Å². The maximum Gasteiger partial charge on any atom is 0.144 e. The smallest absolute Gasteiger partial charge is 0.144 e. The Balaban J connectivity index is 1.90. The lowest BCUT2D eigenvalue weighted by atomic mass is 10.1. The van der Waals surface area contributed by atoms with Crippen molar-refractivity contribution in [1.29, 1.82) is 5.26 Å². The van der Waals surface area contributed by atoms with Crippen LogP contribution in [0.3, 0.4) is 0 Å². The highest BCUT2D eigenvalue weighted by Gasteiger charge is 2.32. The molecule has 0 amide bonds. The highest BCUT2D eigenvalue weighted by molar-refractivity contribution is 8.00. The van der Waals surface area contributed by atoms with Gasteiger partial charge in [-0.3, -0.25) is 0 Å². The first-order valence-electron chi connectivity index (χ1n) is 6.39. The van der Waals surface area contributed by atoms with Gasteiger partial charge < -0.3 is 5.32 Å². The number of pyridine rings is 1. The molecule has 1 aromatic rings. The summed E-state index contributed by atoms with van der Waals surface area (Å²) < 4.78 is 0.412. The Morgan fingerprint density at radius 1 is 1.50 bits per heavy atom. The summed E-state index contributed by atoms with van der Waals surface area (Å²) in [4.78, 5) is 4.08. The molecule has 0 aromatic carbocycles. The second-order valence-electron chi connectivity index (χ2n) is 4.82. The molecule has 0 spiro atoms. The van der Waals surface area contributed by atoms with E-state index in [0.29, 0.717) is 10.4 Å². The molecule has 1 saturated carbocycles. The van der Waals surface area contributed by atoms with E-state index in [1.807, 2.05) is 23.9 Å². The Bertz CT molecular complexity index is 433.